The van der Waals surface area contributed by atoms with Crippen LogP contribution >= 0.6 is 0 Å². The van der Waals surface area contributed by atoms with E-state index < -0.39 is 16.3 Å². The maximum absolute atomic E-state index is 11.3. The largest absolute Gasteiger partial charge is 0.455 e. The van der Waals surface area contributed by atoms with Crippen molar-refractivity contribution in [3.63, 3.8) is 0 Å². The molecule has 0 aromatic heterocycles. The Hall–Kier alpha value is -2.40. The third-order valence-electron chi connectivity index (χ3n) is 3.60. The molecule has 0 spiro atoms. The molecule has 150 valence electrons. The minimum Gasteiger partial charge on any atom is -0.455 e. The van der Waals surface area contributed by atoms with Gasteiger partial charge in [0, 0.05) is 6.42 Å². The first kappa shape index (κ1) is 22.6. The molecule has 0 saturated carbocycles. The number of primary sulfonamides is 1. The average Bonchev–Trinajstić information content (AvgIpc) is 2.63. The molecule has 0 aliphatic heterocycles. The van der Waals surface area contributed by atoms with Gasteiger partial charge in [0.25, 0.3) is 0 Å². The molecule has 11 heteroatoms. The number of hydrogen-bond donors (Lipinski definition) is 1. The van der Waals surface area contributed by atoms with E-state index in [1.165, 1.54) is 43.5 Å². The lowest BCUT2D eigenvalue weighted by atomic mass is 10.1. The standard InChI is InChI=1S/C16H25N6O4S/c1-2-3-4-5-6-7-8-16(25-13-19-21-22-20-17)26-14-9-11-15(12-10-14)27(18,23)24/h9-13,16H,2-8H2,1H3,(H2,18,23,24)/q-1/b19-13+,22-21+. The van der Waals surface area contributed by atoms with Gasteiger partial charge < -0.3 is 15.0 Å². The van der Waals surface area contributed by atoms with E-state index in [-0.39, 0.29) is 4.90 Å². The highest BCUT2D eigenvalue weighted by Crippen LogP contribution is 2.19. The second-order valence-electron chi connectivity index (χ2n) is 5.75. The van der Waals surface area contributed by atoms with Crippen LogP contribution in [0.15, 0.2) is 49.9 Å². The van der Waals surface area contributed by atoms with Crippen molar-refractivity contribution < 1.29 is 17.9 Å². The molecule has 1 atom stereocenters. The van der Waals surface area contributed by atoms with E-state index in [1.54, 1.807) is 0 Å². The molecule has 0 bridgehead atoms. The maximum Gasteiger partial charge on any atom is 0.242 e. The first-order valence-electron chi connectivity index (χ1n) is 8.68. The molecule has 2 N–H and O–H groups in total. The number of nitrogens with zero attached hydrogens (tertiary/aromatic N) is 5. The third-order valence-corrected chi connectivity index (χ3v) is 4.53. The Morgan fingerprint density at radius 1 is 1.11 bits per heavy atom. The van der Waals surface area contributed by atoms with Crippen molar-refractivity contribution in [3.05, 3.63) is 29.8 Å². The Morgan fingerprint density at radius 3 is 2.41 bits per heavy atom. The minimum atomic E-state index is -3.76. The van der Waals surface area contributed by atoms with Crippen LogP contribution in [0.2, 0.25) is 0 Å². The maximum atomic E-state index is 11.3. The van der Waals surface area contributed by atoms with Crippen LogP contribution < -0.4 is 9.88 Å². The van der Waals surface area contributed by atoms with Gasteiger partial charge in [-0.2, -0.15) is 0 Å². The van der Waals surface area contributed by atoms with Crippen LogP contribution in [-0.4, -0.2) is 21.1 Å². The Kier molecular flexibility index (Phi) is 10.8. The minimum absolute atomic E-state index is 0.00188. The summed E-state index contributed by atoms with van der Waals surface area (Å²) >= 11 is 0. The highest BCUT2D eigenvalue weighted by molar-refractivity contribution is 7.89. The van der Waals surface area contributed by atoms with Gasteiger partial charge in [0.05, 0.1) is 4.90 Å². The predicted molar refractivity (Wildman–Crippen MR) is 100 cm³/mol. The monoisotopic (exact) mass is 397 g/mol. The predicted octanol–water partition coefficient (Wildman–Crippen LogP) is 4.14. The van der Waals surface area contributed by atoms with Crippen molar-refractivity contribution in [3.8, 4) is 5.75 Å². The molecule has 27 heavy (non-hydrogen) atoms. The Morgan fingerprint density at radius 2 is 1.78 bits per heavy atom. The summed E-state index contributed by atoms with van der Waals surface area (Å²) < 4.78 is 33.7. The molecule has 0 radical (unpaired) electrons. The smallest absolute Gasteiger partial charge is 0.242 e. The second kappa shape index (κ2) is 12.9. The fraction of sp³-hybridized carbons (Fsp3) is 0.562. The molecule has 0 heterocycles. The molecule has 1 aromatic carbocycles. The van der Waals surface area contributed by atoms with Gasteiger partial charge in [0.2, 0.25) is 16.3 Å². The molecular formula is C16H25N6O4S-. The summed E-state index contributed by atoms with van der Waals surface area (Å²) in [6.07, 6.45) is 7.70. The number of benzene rings is 1. The van der Waals surface area contributed by atoms with E-state index in [2.05, 4.69) is 27.7 Å². The topological polar surface area (TPSA) is 150 Å². The first-order valence-corrected chi connectivity index (χ1v) is 10.2. The molecular weight excluding hydrogens is 372 g/mol. The molecule has 1 aromatic rings. The molecule has 0 saturated heterocycles. The lowest BCUT2D eigenvalue weighted by Gasteiger charge is -2.18. The van der Waals surface area contributed by atoms with Crippen molar-refractivity contribution in [1.29, 1.82) is 0 Å². The van der Waals surface area contributed by atoms with Crippen LogP contribution in [0.4, 0.5) is 0 Å². The highest BCUT2D eigenvalue weighted by Gasteiger charge is 2.12. The van der Waals surface area contributed by atoms with Crippen molar-refractivity contribution in [1.82, 2.24) is 0 Å². The number of unbranched alkanes of at least 4 members (excludes halogenated alkanes) is 5. The lowest BCUT2D eigenvalue weighted by Crippen LogP contribution is -2.20. The van der Waals surface area contributed by atoms with E-state index in [0.717, 1.165) is 25.7 Å². The van der Waals surface area contributed by atoms with Gasteiger partial charge in [-0.3, -0.25) is 5.22 Å². The normalized spacial score (nSPS) is 13.1. The van der Waals surface area contributed by atoms with E-state index in [4.69, 9.17) is 20.1 Å². The lowest BCUT2D eigenvalue weighted by molar-refractivity contribution is -0.00746. The number of sulfonamides is 1. The number of ether oxygens (including phenoxy) is 2. The molecule has 1 rings (SSSR count). The zero-order valence-corrected chi connectivity index (χ0v) is 16.1. The Labute approximate surface area is 159 Å². The molecule has 10 nitrogen and oxygen atoms in total. The fourth-order valence-corrected chi connectivity index (χ4v) is 2.78. The third kappa shape index (κ3) is 10.4. The van der Waals surface area contributed by atoms with Gasteiger partial charge in [-0.05, 0) is 30.7 Å². The second-order valence-corrected chi connectivity index (χ2v) is 7.31. The SMILES string of the molecule is CCCCCCCCC(O/C=N/N=N/N=[N-])Oc1ccc(S(N)(=O)=O)cc1. The van der Waals surface area contributed by atoms with Crippen molar-refractivity contribution >= 4 is 16.4 Å². The van der Waals surface area contributed by atoms with E-state index in [0.29, 0.717) is 12.2 Å². The van der Waals surface area contributed by atoms with Crippen molar-refractivity contribution in [2.75, 3.05) is 0 Å². The average molecular weight is 397 g/mol. The molecule has 0 fully saturated rings. The first-order chi connectivity index (χ1) is 13.0. The van der Waals surface area contributed by atoms with Gasteiger partial charge in [-0.15, -0.1) is 10.3 Å². The van der Waals surface area contributed by atoms with Crippen LogP contribution in [0.5, 0.6) is 5.75 Å². The van der Waals surface area contributed by atoms with Crippen LogP contribution in [0, 0.1) is 0 Å². The summed E-state index contributed by atoms with van der Waals surface area (Å²) in [5.74, 6) is 0.429. The molecule has 0 amide bonds. The quantitative estimate of drug-likeness (QED) is 0.125. The summed E-state index contributed by atoms with van der Waals surface area (Å²) in [4.78, 5) is -0.00188. The summed E-state index contributed by atoms with van der Waals surface area (Å²) in [6, 6.07) is 5.72. The summed E-state index contributed by atoms with van der Waals surface area (Å²) in [5.41, 5.74) is 8.13. The Bertz CT molecular complexity index is 706. The van der Waals surface area contributed by atoms with E-state index in [9.17, 15) is 8.42 Å². The fourth-order valence-electron chi connectivity index (χ4n) is 2.26. The molecule has 0 aliphatic rings. The summed E-state index contributed by atoms with van der Waals surface area (Å²) in [5, 5.41) is 17.0. The number of hydrogen-bond acceptors (Lipinski definition) is 5. The van der Waals surface area contributed by atoms with E-state index in [1.807, 2.05) is 0 Å². The van der Waals surface area contributed by atoms with Gasteiger partial charge in [-0.1, -0.05) is 39.0 Å². The van der Waals surface area contributed by atoms with Crippen molar-refractivity contribution in [2.24, 2.45) is 25.9 Å². The molecule has 1 unspecified atom stereocenters. The van der Waals surface area contributed by atoms with Crippen LogP contribution in [0.1, 0.15) is 51.9 Å². The van der Waals surface area contributed by atoms with Gasteiger partial charge in [0.15, 0.2) is 6.40 Å². The van der Waals surface area contributed by atoms with Crippen LogP contribution in [0.3, 0.4) is 0 Å². The molecule has 0 aliphatic carbocycles. The zero-order chi connectivity index (χ0) is 20.0. The summed E-state index contributed by atoms with van der Waals surface area (Å²) in [7, 11) is -3.76. The zero-order valence-electron chi connectivity index (χ0n) is 15.3. The number of nitrogens with two attached hydrogens (primary N) is 1. The van der Waals surface area contributed by atoms with Gasteiger partial charge in [0.1, 0.15) is 5.75 Å². The van der Waals surface area contributed by atoms with Crippen LogP contribution in [-0.2, 0) is 14.8 Å². The Balaban J connectivity index is 2.61. The van der Waals surface area contributed by atoms with Crippen molar-refractivity contribution in [2.45, 2.75) is 63.1 Å². The van der Waals surface area contributed by atoms with Crippen LogP contribution in [0.25, 0.3) is 5.53 Å². The van der Waals surface area contributed by atoms with Gasteiger partial charge >= 0.3 is 0 Å². The highest BCUT2D eigenvalue weighted by atomic mass is 32.2. The summed E-state index contributed by atoms with van der Waals surface area (Å²) in [6.45, 7) is 2.17. The number of rotatable bonds is 14. The van der Waals surface area contributed by atoms with Gasteiger partial charge in [-0.25, -0.2) is 18.8 Å². The van der Waals surface area contributed by atoms with E-state index >= 15 is 0 Å².